The van der Waals surface area contributed by atoms with E-state index < -0.39 is 5.97 Å². The molecule has 2 heterocycles. The van der Waals surface area contributed by atoms with E-state index in [-0.39, 0.29) is 5.76 Å². The summed E-state index contributed by atoms with van der Waals surface area (Å²) in [7, 11) is 2.08. The van der Waals surface area contributed by atoms with E-state index in [4.69, 9.17) is 9.63 Å². The van der Waals surface area contributed by atoms with E-state index in [1.165, 1.54) is 12.5 Å². The Hall–Kier alpha value is -1.36. The lowest BCUT2D eigenvalue weighted by molar-refractivity contribution is 0.0652. The summed E-state index contributed by atoms with van der Waals surface area (Å²) >= 11 is 0. The molecule has 1 aromatic rings. The van der Waals surface area contributed by atoms with Gasteiger partial charge in [0.15, 0.2) is 0 Å². The first-order valence-corrected chi connectivity index (χ1v) is 5.06. The van der Waals surface area contributed by atoms with Gasteiger partial charge in [-0.05, 0) is 26.4 Å². The SMILES string of the molecule is CN1CCCC1Cc1cc(C(=O)O)on1. The van der Waals surface area contributed by atoms with Crippen molar-refractivity contribution < 1.29 is 14.4 Å². The standard InChI is InChI=1S/C10H14N2O3/c1-12-4-2-3-8(12)5-7-6-9(10(13)14)15-11-7/h6,8H,2-5H2,1H3,(H,13,14). The van der Waals surface area contributed by atoms with Crippen LogP contribution in [0, 0.1) is 0 Å². The Morgan fingerprint density at radius 2 is 2.60 bits per heavy atom. The van der Waals surface area contributed by atoms with Crippen molar-refractivity contribution in [2.45, 2.75) is 25.3 Å². The molecule has 0 amide bonds. The fourth-order valence-corrected chi connectivity index (χ4v) is 1.99. The van der Waals surface area contributed by atoms with E-state index in [0.29, 0.717) is 6.04 Å². The molecule has 1 N–H and O–H groups in total. The topological polar surface area (TPSA) is 66.6 Å². The highest BCUT2D eigenvalue weighted by atomic mass is 16.5. The molecule has 1 unspecified atom stereocenters. The number of carboxylic acid groups (broad SMARTS) is 1. The maximum atomic E-state index is 10.6. The summed E-state index contributed by atoms with van der Waals surface area (Å²) in [5.74, 6) is -1.14. The third-order valence-corrected chi connectivity index (χ3v) is 2.89. The summed E-state index contributed by atoms with van der Waals surface area (Å²) in [6.45, 7) is 1.11. The molecule has 1 atom stereocenters. The van der Waals surface area contributed by atoms with Crippen LogP contribution in [0.25, 0.3) is 0 Å². The maximum absolute atomic E-state index is 10.6. The van der Waals surface area contributed by atoms with Crippen molar-refractivity contribution in [3.05, 3.63) is 17.5 Å². The van der Waals surface area contributed by atoms with Gasteiger partial charge in [0.25, 0.3) is 0 Å². The van der Waals surface area contributed by atoms with Gasteiger partial charge in [-0.15, -0.1) is 0 Å². The second kappa shape index (κ2) is 4.02. The molecule has 0 spiro atoms. The van der Waals surface area contributed by atoms with Crippen molar-refractivity contribution in [2.24, 2.45) is 0 Å². The number of likely N-dealkylation sites (tertiary alicyclic amines) is 1. The minimum Gasteiger partial charge on any atom is -0.475 e. The van der Waals surface area contributed by atoms with E-state index >= 15 is 0 Å². The minimum absolute atomic E-state index is 0.0781. The van der Waals surface area contributed by atoms with Crippen LogP contribution in [0.1, 0.15) is 29.1 Å². The molecule has 1 aliphatic rings. The number of aromatic nitrogens is 1. The van der Waals surface area contributed by atoms with Crippen molar-refractivity contribution in [1.29, 1.82) is 0 Å². The molecule has 0 aliphatic carbocycles. The van der Waals surface area contributed by atoms with Gasteiger partial charge in [-0.1, -0.05) is 5.16 Å². The average molecular weight is 210 g/mol. The third kappa shape index (κ3) is 2.18. The van der Waals surface area contributed by atoms with Gasteiger partial charge in [-0.2, -0.15) is 0 Å². The first-order chi connectivity index (χ1) is 7.16. The Labute approximate surface area is 87.7 Å². The molecule has 5 heteroatoms. The third-order valence-electron chi connectivity index (χ3n) is 2.89. The van der Waals surface area contributed by atoms with Crippen LogP contribution >= 0.6 is 0 Å². The van der Waals surface area contributed by atoms with Gasteiger partial charge in [0, 0.05) is 18.5 Å². The van der Waals surface area contributed by atoms with Gasteiger partial charge in [0.2, 0.25) is 5.76 Å². The Balaban J connectivity index is 2.01. The van der Waals surface area contributed by atoms with Crippen molar-refractivity contribution >= 4 is 5.97 Å². The van der Waals surface area contributed by atoms with Gasteiger partial charge >= 0.3 is 5.97 Å². The van der Waals surface area contributed by atoms with E-state index in [2.05, 4.69) is 17.1 Å². The van der Waals surface area contributed by atoms with E-state index in [1.54, 1.807) is 0 Å². The number of carbonyl (C=O) groups is 1. The highest BCUT2D eigenvalue weighted by Gasteiger charge is 2.23. The number of nitrogens with zero attached hydrogens (tertiary/aromatic N) is 2. The van der Waals surface area contributed by atoms with Crippen LogP contribution in [0.4, 0.5) is 0 Å². The molecule has 0 radical (unpaired) electrons. The first-order valence-electron chi connectivity index (χ1n) is 5.06. The number of likely N-dealkylation sites (N-methyl/N-ethyl adjacent to an activating group) is 1. The van der Waals surface area contributed by atoms with Crippen LogP contribution in [0.3, 0.4) is 0 Å². The van der Waals surface area contributed by atoms with E-state index in [9.17, 15) is 4.79 Å². The number of rotatable bonds is 3. The predicted molar refractivity (Wildman–Crippen MR) is 52.8 cm³/mol. The zero-order valence-corrected chi connectivity index (χ0v) is 8.64. The number of hydrogen-bond acceptors (Lipinski definition) is 4. The fourth-order valence-electron chi connectivity index (χ4n) is 1.99. The van der Waals surface area contributed by atoms with Gasteiger partial charge in [-0.25, -0.2) is 4.79 Å². The summed E-state index contributed by atoms with van der Waals surface area (Å²) in [4.78, 5) is 12.8. The van der Waals surface area contributed by atoms with Crippen LogP contribution in [-0.2, 0) is 6.42 Å². The van der Waals surface area contributed by atoms with Crippen molar-refractivity contribution in [3.63, 3.8) is 0 Å². The molecule has 0 bridgehead atoms. The molecule has 1 fully saturated rings. The molecule has 82 valence electrons. The lowest BCUT2D eigenvalue weighted by atomic mass is 10.1. The van der Waals surface area contributed by atoms with Crippen LogP contribution in [-0.4, -0.2) is 40.8 Å². The predicted octanol–water partition coefficient (Wildman–Crippen LogP) is 1.01. The van der Waals surface area contributed by atoms with Crippen molar-refractivity contribution in [2.75, 3.05) is 13.6 Å². The maximum Gasteiger partial charge on any atom is 0.374 e. The second-order valence-corrected chi connectivity index (χ2v) is 3.97. The Kier molecular flexibility index (Phi) is 2.73. The monoisotopic (exact) mass is 210 g/mol. The largest absolute Gasteiger partial charge is 0.475 e. The lowest BCUT2D eigenvalue weighted by Crippen LogP contribution is -2.26. The zero-order chi connectivity index (χ0) is 10.8. The van der Waals surface area contributed by atoms with Gasteiger partial charge in [0.1, 0.15) is 0 Å². The molecule has 1 aromatic heterocycles. The lowest BCUT2D eigenvalue weighted by Gasteiger charge is -2.17. The Morgan fingerprint density at radius 1 is 1.80 bits per heavy atom. The number of aromatic carboxylic acids is 1. The van der Waals surface area contributed by atoms with Gasteiger partial charge in [-0.3, -0.25) is 0 Å². The van der Waals surface area contributed by atoms with Gasteiger partial charge < -0.3 is 14.5 Å². The summed E-state index contributed by atoms with van der Waals surface area (Å²) in [6.07, 6.45) is 3.11. The number of hydrogen-bond donors (Lipinski definition) is 1. The molecular weight excluding hydrogens is 196 g/mol. The summed E-state index contributed by atoms with van der Waals surface area (Å²) in [6, 6.07) is 1.98. The minimum atomic E-state index is -1.06. The molecule has 15 heavy (non-hydrogen) atoms. The highest BCUT2D eigenvalue weighted by Crippen LogP contribution is 2.19. The Morgan fingerprint density at radius 3 is 3.13 bits per heavy atom. The molecule has 1 saturated heterocycles. The molecule has 0 aromatic carbocycles. The highest BCUT2D eigenvalue weighted by molar-refractivity contribution is 5.84. The van der Waals surface area contributed by atoms with Crippen molar-refractivity contribution in [3.8, 4) is 0 Å². The van der Waals surface area contributed by atoms with Crippen molar-refractivity contribution in [1.82, 2.24) is 10.1 Å². The molecule has 0 saturated carbocycles. The second-order valence-electron chi connectivity index (χ2n) is 3.97. The summed E-state index contributed by atoms with van der Waals surface area (Å²) in [5.41, 5.74) is 0.728. The summed E-state index contributed by atoms with van der Waals surface area (Å²) < 4.78 is 4.70. The zero-order valence-electron chi connectivity index (χ0n) is 8.64. The normalized spacial score (nSPS) is 22.1. The van der Waals surface area contributed by atoms with E-state index in [1.807, 2.05) is 0 Å². The average Bonchev–Trinajstić information content (AvgIpc) is 2.77. The van der Waals surface area contributed by atoms with E-state index in [0.717, 1.165) is 25.1 Å². The quantitative estimate of drug-likeness (QED) is 0.806. The van der Waals surface area contributed by atoms with Crippen LogP contribution in [0.5, 0.6) is 0 Å². The molecule has 2 rings (SSSR count). The van der Waals surface area contributed by atoms with Gasteiger partial charge in [0.05, 0.1) is 5.69 Å². The smallest absolute Gasteiger partial charge is 0.374 e. The van der Waals surface area contributed by atoms with Crippen LogP contribution < -0.4 is 0 Å². The van der Waals surface area contributed by atoms with Crippen LogP contribution in [0.15, 0.2) is 10.6 Å². The molecule has 5 nitrogen and oxygen atoms in total. The molecule has 1 aliphatic heterocycles. The molecular formula is C10H14N2O3. The fraction of sp³-hybridized carbons (Fsp3) is 0.600. The summed E-state index contributed by atoms with van der Waals surface area (Å²) in [5, 5.41) is 12.4. The Bertz CT molecular complexity index is 361. The van der Waals surface area contributed by atoms with Crippen LogP contribution in [0.2, 0.25) is 0 Å². The first kappa shape index (κ1) is 10.2. The number of carboxylic acids is 1.